The lowest BCUT2D eigenvalue weighted by molar-refractivity contribution is -0.109. The van der Waals surface area contributed by atoms with Crippen molar-refractivity contribution in [2.75, 3.05) is 0 Å². The molecule has 76 valence electrons. The van der Waals surface area contributed by atoms with Crippen LogP contribution in [0.25, 0.3) is 5.69 Å². The van der Waals surface area contributed by atoms with Gasteiger partial charge in [-0.1, -0.05) is 18.2 Å². The molecule has 0 aliphatic rings. The summed E-state index contributed by atoms with van der Waals surface area (Å²) in [5, 5.41) is 2.67. The van der Waals surface area contributed by atoms with E-state index in [0.29, 0.717) is 13.0 Å². The van der Waals surface area contributed by atoms with E-state index in [4.69, 9.17) is 0 Å². The quantitative estimate of drug-likeness (QED) is 0.749. The van der Waals surface area contributed by atoms with E-state index >= 15 is 0 Å². The smallest absolute Gasteiger partial charge is 0.207 e. The van der Waals surface area contributed by atoms with Crippen LogP contribution < -0.4 is 5.32 Å². The molecule has 1 N–H and O–H groups in total. The van der Waals surface area contributed by atoms with Gasteiger partial charge in [-0.3, -0.25) is 4.79 Å². The van der Waals surface area contributed by atoms with Gasteiger partial charge in [-0.05, 0) is 23.8 Å². The topological polar surface area (TPSA) is 34.0 Å². The molecule has 1 amide bonds. The number of para-hydroxylation sites is 1. The van der Waals surface area contributed by atoms with Crippen LogP contribution in [0.3, 0.4) is 0 Å². The van der Waals surface area contributed by atoms with Crippen LogP contribution in [0.5, 0.6) is 0 Å². The molecule has 0 fully saturated rings. The highest BCUT2D eigenvalue weighted by molar-refractivity contribution is 5.48. The Hall–Kier alpha value is -2.03. The normalized spacial score (nSPS) is 9.87. The number of nitrogens with one attached hydrogen (secondary N) is 1. The number of amides is 1. The molecule has 1 aromatic heterocycles. The fourth-order valence-corrected chi connectivity index (χ4v) is 1.56. The van der Waals surface area contributed by atoms with Crippen molar-refractivity contribution in [1.82, 2.24) is 9.88 Å². The molecule has 1 heterocycles. The van der Waals surface area contributed by atoms with E-state index in [1.807, 2.05) is 53.4 Å². The molecule has 3 heteroatoms. The van der Waals surface area contributed by atoms with Crippen molar-refractivity contribution in [2.24, 2.45) is 0 Å². The molecule has 1 aromatic carbocycles. The molecule has 3 nitrogen and oxygen atoms in total. The van der Waals surface area contributed by atoms with Gasteiger partial charge in [0.15, 0.2) is 0 Å². The van der Waals surface area contributed by atoms with Gasteiger partial charge < -0.3 is 9.88 Å². The standard InChI is InChI=1S/C12H12N2O/c15-10-13-9-11-5-1-2-6-12(11)14-7-3-4-8-14/h1-8,10H,9H2,(H,13,15). The van der Waals surface area contributed by atoms with Gasteiger partial charge in [0.1, 0.15) is 0 Å². The molecule has 2 aromatic rings. The average Bonchev–Trinajstić information content (AvgIpc) is 2.80. The predicted octanol–water partition coefficient (Wildman–Crippen LogP) is 1.72. The number of nitrogens with zero attached hydrogens (tertiary/aromatic N) is 1. The predicted molar refractivity (Wildman–Crippen MR) is 58.7 cm³/mol. The van der Waals surface area contributed by atoms with E-state index in [0.717, 1.165) is 11.3 Å². The Balaban J connectivity index is 2.34. The van der Waals surface area contributed by atoms with Crippen LogP contribution in [-0.2, 0) is 11.3 Å². The number of aromatic nitrogens is 1. The van der Waals surface area contributed by atoms with Gasteiger partial charge in [-0.15, -0.1) is 0 Å². The Bertz CT molecular complexity index is 435. The van der Waals surface area contributed by atoms with Gasteiger partial charge in [0.2, 0.25) is 6.41 Å². The maximum atomic E-state index is 10.3. The number of carbonyl (C=O) groups is 1. The average molecular weight is 200 g/mol. The summed E-state index contributed by atoms with van der Waals surface area (Å²) in [5.41, 5.74) is 2.19. The zero-order valence-corrected chi connectivity index (χ0v) is 8.26. The number of carbonyl (C=O) groups excluding carboxylic acids is 1. The number of rotatable bonds is 4. The van der Waals surface area contributed by atoms with Crippen LogP contribution in [0.15, 0.2) is 48.8 Å². The third-order valence-electron chi connectivity index (χ3n) is 2.25. The van der Waals surface area contributed by atoms with Crippen LogP contribution in [0.2, 0.25) is 0 Å². The number of hydrogen-bond acceptors (Lipinski definition) is 1. The highest BCUT2D eigenvalue weighted by Gasteiger charge is 2.01. The van der Waals surface area contributed by atoms with Crippen molar-refractivity contribution < 1.29 is 4.79 Å². The molecular weight excluding hydrogens is 188 g/mol. The molecule has 0 unspecified atom stereocenters. The molecule has 0 spiro atoms. The van der Waals surface area contributed by atoms with E-state index in [2.05, 4.69) is 5.32 Å². The van der Waals surface area contributed by atoms with E-state index in [9.17, 15) is 4.79 Å². The van der Waals surface area contributed by atoms with E-state index in [1.165, 1.54) is 0 Å². The summed E-state index contributed by atoms with van der Waals surface area (Å²) in [6.45, 7) is 0.553. The molecule has 0 aliphatic carbocycles. The van der Waals surface area contributed by atoms with Crippen molar-refractivity contribution in [3.8, 4) is 5.69 Å². The third-order valence-corrected chi connectivity index (χ3v) is 2.25. The van der Waals surface area contributed by atoms with Gasteiger partial charge in [-0.2, -0.15) is 0 Å². The van der Waals surface area contributed by atoms with Gasteiger partial charge in [0.05, 0.1) is 0 Å². The lowest BCUT2D eigenvalue weighted by atomic mass is 10.2. The first-order valence-corrected chi connectivity index (χ1v) is 4.80. The van der Waals surface area contributed by atoms with Crippen molar-refractivity contribution in [3.63, 3.8) is 0 Å². The maximum absolute atomic E-state index is 10.3. The Morgan fingerprint density at radius 2 is 1.87 bits per heavy atom. The van der Waals surface area contributed by atoms with Crippen LogP contribution in [0.4, 0.5) is 0 Å². The van der Waals surface area contributed by atoms with Gasteiger partial charge in [-0.25, -0.2) is 0 Å². The van der Waals surface area contributed by atoms with E-state index in [1.54, 1.807) is 0 Å². The molecule has 0 atom stereocenters. The van der Waals surface area contributed by atoms with Gasteiger partial charge in [0.25, 0.3) is 0 Å². The largest absolute Gasteiger partial charge is 0.355 e. The summed E-state index contributed by atoms with van der Waals surface area (Å²) in [6, 6.07) is 11.9. The number of hydrogen-bond donors (Lipinski definition) is 1. The molecule has 2 rings (SSSR count). The van der Waals surface area contributed by atoms with Crippen LogP contribution in [0.1, 0.15) is 5.56 Å². The van der Waals surface area contributed by atoms with E-state index in [-0.39, 0.29) is 0 Å². The van der Waals surface area contributed by atoms with Crippen molar-refractivity contribution in [3.05, 3.63) is 54.4 Å². The number of benzene rings is 1. The summed E-state index contributed by atoms with van der Waals surface area (Å²) >= 11 is 0. The molecular formula is C12H12N2O. The van der Waals surface area contributed by atoms with Crippen LogP contribution in [-0.4, -0.2) is 11.0 Å². The second kappa shape index (κ2) is 4.46. The molecule has 0 radical (unpaired) electrons. The second-order valence-corrected chi connectivity index (χ2v) is 3.22. The Kier molecular flexibility index (Phi) is 2.83. The summed E-state index contributed by atoms with van der Waals surface area (Å²) in [4.78, 5) is 10.3. The SMILES string of the molecule is O=CNCc1ccccc1-n1cccc1. The van der Waals surface area contributed by atoms with E-state index < -0.39 is 0 Å². The minimum Gasteiger partial charge on any atom is -0.355 e. The monoisotopic (exact) mass is 200 g/mol. The summed E-state index contributed by atoms with van der Waals surface area (Å²) in [5.74, 6) is 0. The first-order chi connectivity index (χ1) is 7.42. The molecule has 0 aliphatic heterocycles. The Morgan fingerprint density at radius 1 is 1.13 bits per heavy atom. The molecule has 15 heavy (non-hydrogen) atoms. The van der Waals surface area contributed by atoms with Gasteiger partial charge in [0, 0.05) is 24.6 Å². The minimum atomic E-state index is 0.553. The highest BCUT2D eigenvalue weighted by Crippen LogP contribution is 2.13. The maximum Gasteiger partial charge on any atom is 0.207 e. The summed E-state index contributed by atoms with van der Waals surface area (Å²) in [7, 11) is 0. The van der Waals surface area contributed by atoms with Crippen molar-refractivity contribution in [2.45, 2.75) is 6.54 Å². The van der Waals surface area contributed by atoms with Crippen LogP contribution in [0, 0.1) is 0 Å². The minimum absolute atomic E-state index is 0.553. The summed E-state index contributed by atoms with van der Waals surface area (Å²) in [6.07, 6.45) is 4.69. The first kappa shape index (κ1) is 9.52. The zero-order chi connectivity index (χ0) is 10.5. The molecule has 0 saturated heterocycles. The Morgan fingerprint density at radius 3 is 2.60 bits per heavy atom. The van der Waals surface area contributed by atoms with Crippen molar-refractivity contribution >= 4 is 6.41 Å². The summed E-state index contributed by atoms with van der Waals surface area (Å²) < 4.78 is 2.03. The lowest BCUT2D eigenvalue weighted by Gasteiger charge is -2.09. The Labute approximate surface area is 88.3 Å². The highest BCUT2D eigenvalue weighted by atomic mass is 16.1. The molecule has 0 saturated carbocycles. The third kappa shape index (κ3) is 2.07. The molecule has 0 bridgehead atoms. The fourth-order valence-electron chi connectivity index (χ4n) is 1.56. The fraction of sp³-hybridized carbons (Fsp3) is 0.0833. The lowest BCUT2D eigenvalue weighted by Crippen LogP contribution is -2.11. The van der Waals surface area contributed by atoms with Crippen molar-refractivity contribution in [1.29, 1.82) is 0 Å². The second-order valence-electron chi connectivity index (χ2n) is 3.22. The first-order valence-electron chi connectivity index (χ1n) is 4.80. The van der Waals surface area contributed by atoms with Gasteiger partial charge >= 0.3 is 0 Å². The zero-order valence-electron chi connectivity index (χ0n) is 8.26. The van der Waals surface area contributed by atoms with Crippen LogP contribution >= 0.6 is 0 Å².